The zero-order valence-electron chi connectivity index (χ0n) is 9.20. The van der Waals surface area contributed by atoms with E-state index >= 15 is 0 Å². The minimum absolute atomic E-state index is 0.259. The normalized spacial score (nSPS) is 10.8. The summed E-state index contributed by atoms with van der Waals surface area (Å²) in [5.41, 5.74) is 0.392. The average Bonchev–Trinajstić information content (AvgIpc) is 2.79. The van der Waals surface area contributed by atoms with Crippen molar-refractivity contribution in [2.45, 2.75) is 6.42 Å². The van der Waals surface area contributed by atoms with E-state index in [-0.39, 0.29) is 5.82 Å². The molecule has 0 aliphatic carbocycles. The number of hydrogen-bond donors (Lipinski definition) is 1. The molecule has 1 aromatic heterocycles. The molecule has 0 aliphatic rings. The molecule has 1 heterocycles. The third-order valence-corrected chi connectivity index (χ3v) is 2.23. The zero-order valence-corrected chi connectivity index (χ0v) is 9.20. The van der Waals surface area contributed by atoms with Crippen LogP contribution in [0.25, 0.3) is 11.4 Å². The van der Waals surface area contributed by atoms with Crippen LogP contribution in [0.15, 0.2) is 22.7 Å². The predicted molar refractivity (Wildman–Crippen MR) is 57.3 cm³/mol. The fourth-order valence-corrected chi connectivity index (χ4v) is 1.34. The Morgan fingerprint density at radius 3 is 2.82 bits per heavy atom. The Kier molecular flexibility index (Phi) is 3.43. The van der Waals surface area contributed by atoms with Crippen LogP contribution in [0, 0.1) is 11.6 Å². The van der Waals surface area contributed by atoms with Crippen molar-refractivity contribution in [1.82, 2.24) is 15.5 Å². The molecule has 0 radical (unpaired) electrons. The van der Waals surface area contributed by atoms with Crippen LogP contribution >= 0.6 is 0 Å². The van der Waals surface area contributed by atoms with Gasteiger partial charge in [-0.25, -0.2) is 8.78 Å². The molecule has 90 valence electrons. The second-order valence-corrected chi connectivity index (χ2v) is 3.49. The van der Waals surface area contributed by atoms with E-state index in [0.717, 1.165) is 12.1 Å². The third kappa shape index (κ3) is 2.65. The van der Waals surface area contributed by atoms with Gasteiger partial charge >= 0.3 is 0 Å². The summed E-state index contributed by atoms with van der Waals surface area (Å²) in [5, 5.41) is 6.65. The summed E-state index contributed by atoms with van der Waals surface area (Å²) >= 11 is 0. The number of benzene rings is 1. The number of halogens is 2. The van der Waals surface area contributed by atoms with Crippen LogP contribution in [0.5, 0.6) is 0 Å². The molecule has 0 amide bonds. The van der Waals surface area contributed by atoms with Crippen molar-refractivity contribution < 1.29 is 13.3 Å². The summed E-state index contributed by atoms with van der Waals surface area (Å²) in [5.74, 6) is -1.11. The van der Waals surface area contributed by atoms with E-state index < -0.39 is 11.6 Å². The first kappa shape index (κ1) is 11.7. The minimum Gasteiger partial charge on any atom is -0.339 e. The lowest BCUT2D eigenvalue weighted by Gasteiger charge is -1.95. The highest BCUT2D eigenvalue weighted by Crippen LogP contribution is 2.18. The van der Waals surface area contributed by atoms with Gasteiger partial charge < -0.3 is 9.84 Å². The predicted octanol–water partition coefficient (Wildman–Crippen LogP) is 1.78. The molecule has 17 heavy (non-hydrogen) atoms. The zero-order chi connectivity index (χ0) is 12.3. The monoisotopic (exact) mass is 239 g/mol. The first-order valence-electron chi connectivity index (χ1n) is 5.13. The molecule has 0 atom stereocenters. The van der Waals surface area contributed by atoms with Gasteiger partial charge in [-0.05, 0) is 25.2 Å². The summed E-state index contributed by atoms with van der Waals surface area (Å²) in [4.78, 5) is 4.08. The van der Waals surface area contributed by atoms with Gasteiger partial charge in [0, 0.05) is 18.5 Å². The Balaban J connectivity index is 2.21. The molecule has 0 aliphatic heterocycles. The van der Waals surface area contributed by atoms with E-state index in [0.29, 0.717) is 24.4 Å². The van der Waals surface area contributed by atoms with Crippen molar-refractivity contribution in [3.05, 3.63) is 35.7 Å². The molecule has 1 N–H and O–H groups in total. The number of likely N-dealkylation sites (N-methyl/N-ethyl adjacent to an activating group) is 1. The van der Waals surface area contributed by atoms with E-state index in [1.54, 1.807) is 0 Å². The van der Waals surface area contributed by atoms with Crippen molar-refractivity contribution in [2.75, 3.05) is 13.6 Å². The molecule has 6 heteroatoms. The van der Waals surface area contributed by atoms with Gasteiger partial charge in [-0.2, -0.15) is 4.98 Å². The van der Waals surface area contributed by atoms with Crippen molar-refractivity contribution in [3.63, 3.8) is 0 Å². The largest absolute Gasteiger partial charge is 0.339 e. The molecule has 0 fully saturated rings. The Hall–Kier alpha value is -1.82. The van der Waals surface area contributed by atoms with E-state index in [1.165, 1.54) is 6.07 Å². The Bertz CT molecular complexity index is 513. The minimum atomic E-state index is -0.927. The maximum Gasteiger partial charge on any atom is 0.228 e. The molecule has 0 spiro atoms. The molecule has 0 saturated carbocycles. The fourth-order valence-electron chi connectivity index (χ4n) is 1.34. The molecular formula is C11H11F2N3O. The van der Waals surface area contributed by atoms with Gasteiger partial charge in [-0.3, -0.25) is 0 Å². The smallest absolute Gasteiger partial charge is 0.228 e. The van der Waals surface area contributed by atoms with Crippen LogP contribution in [-0.4, -0.2) is 23.7 Å². The number of hydrogen-bond acceptors (Lipinski definition) is 4. The Morgan fingerprint density at radius 2 is 2.12 bits per heavy atom. The van der Waals surface area contributed by atoms with Crippen molar-refractivity contribution in [2.24, 2.45) is 0 Å². The van der Waals surface area contributed by atoms with Crippen molar-refractivity contribution >= 4 is 0 Å². The van der Waals surface area contributed by atoms with Gasteiger partial charge in [-0.15, -0.1) is 0 Å². The summed E-state index contributed by atoms with van der Waals surface area (Å²) in [6, 6.07) is 3.49. The number of nitrogens with one attached hydrogen (secondary N) is 1. The van der Waals surface area contributed by atoms with E-state index in [9.17, 15) is 8.78 Å². The lowest BCUT2D eigenvalue weighted by molar-refractivity contribution is 0.377. The molecular weight excluding hydrogens is 228 g/mol. The third-order valence-electron chi connectivity index (χ3n) is 2.23. The van der Waals surface area contributed by atoms with Crippen molar-refractivity contribution in [3.8, 4) is 11.4 Å². The first-order chi connectivity index (χ1) is 8.20. The molecule has 2 rings (SSSR count). The highest BCUT2D eigenvalue weighted by Gasteiger charge is 2.10. The average molecular weight is 239 g/mol. The summed E-state index contributed by atoms with van der Waals surface area (Å²) in [6.45, 7) is 0.708. The second kappa shape index (κ2) is 5.01. The molecule has 2 aromatic rings. The van der Waals surface area contributed by atoms with Crippen LogP contribution in [-0.2, 0) is 6.42 Å². The first-order valence-corrected chi connectivity index (χ1v) is 5.13. The molecule has 4 nitrogen and oxygen atoms in total. The molecule has 0 unspecified atom stereocenters. The maximum absolute atomic E-state index is 13.0. The number of nitrogens with zero attached hydrogens (tertiary/aromatic N) is 2. The fraction of sp³-hybridized carbons (Fsp3) is 0.273. The van der Waals surface area contributed by atoms with Crippen LogP contribution < -0.4 is 5.32 Å². The van der Waals surface area contributed by atoms with Gasteiger partial charge in [0.15, 0.2) is 11.6 Å². The molecule has 1 aromatic carbocycles. The lowest BCUT2D eigenvalue weighted by atomic mass is 10.2. The second-order valence-electron chi connectivity index (χ2n) is 3.49. The Morgan fingerprint density at radius 1 is 1.29 bits per heavy atom. The highest BCUT2D eigenvalue weighted by atomic mass is 19.2. The van der Waals surface area contributed by atoms with Gasteiger partial charge in [0.2, 0.25) is 11.7 Å². The van der Waals surface area contributed by atoms with Crippen molar-refractivity contribution in [1.29, 1.82) is 0 Å². The van der Waals surface area contributed by atoms with E-state index in [1.807, 2.05) is 7.05 Å². The molecule has 0 bridgehead atoms. The van der Waals surface area contributed by atoms with Gasteiger partial charge in [0.1, 0.15) is 0 Å². The maximum atomic E-state index is 13.0. The Labute approximate surface area is 96.6 Å². The summed E-state index contributed by atoms with van der Waals surface area (Å²) in [6.07, 6.45) is 0.590. The van der Waals surface area contributed by atoms with Crippen LogP contribution in [0.1, 0.15) is 5.89 Å². The summed E-state index contributed by atoms with van der Waals surface area (Å²) in [7, 11) is 1.81. The lowest BCUT2D eigenvalue weighted by Crippen LogP contribution is -2.10. The topological polar surface area (TPSA) is 51.0 Å². The van der Waals surface area contributed by atoms with Gasteiger partial charge in [0.25, 0.3) is 0 Å². The van der Waals surface area contributed by atoms with Crippen LogP contribution in [0.2, 0.25) is 0 Å². The number of rotatable bonds is 4. The SMILES string of the molecule is CNCCc1nc(-c2ccc(F)c(F)c2)no1. The quantitative estimate of drug-likeness (QED) is 0.883. The molecule has 0 saturated heterocycles. The van der Waals surface area contributed by atoms with Gasteiger partial charge in [-0.1, -0.05) is 5.16 Å². The summed E-state index contributed by atoms with van der Waals surface area (Å²) < 4.78 is 30.7. The standard InChI is InChI=1S/C11H11F2N3O/c1-14-5-4-10-15-11(16-17-10)7-2-3-8(12)9(13)6-7/h2-3,6,14H,4-5H2,1H3. The van der Waals surface area contributed by atoms with E-state index in [2.05, 4.69) is 15.5 Å². The van der Waals surface area contributed by atoms with E-state index in [4.69, 9.17) is 4.52 Å². The van der Waals surface area contributed by atoms with Crippen LogP contribution in [0.4, 0.5) is 8.78 Å². The van der Waals surface area contributed by atoms with Gasteiger partial charge in [0.05, 0.1) is 0 Å². The number of aromatic nitrogens is 2. The highest BCUT2D eigenvalue weighted by molar-refractivity contribution is 5.54. The van der Waals surface area contributed by atoms with Crippen LogP contribution in [0.3, 0.4) is 0 Å².